The Morgan fingerprint density at radius 1 is 1.02 bits per heavy atom. The molecular formula is C29H26F4N6O. The molecule has 4 heterocycles. The smallest absolute Gasteiger partial charge is 0.285 e. The molecule has 1 aliphatic rings. The molecule has 1 fully saturated rings. The number of hydrogen-bond donors (Lipinski definition) is 0. The van der Waals surface area contributed by atoms with Gasteiger partial charge in [-0.3, -0.25) is 24.0 Å². The van der Waals surface area contributed by atoms with E-state index in [1.165, 1.54) is 22.9 Å². The highest BCUT2D eigenvalue weighted by molar-refractivity contribution is 5.83. The van der Waals surface area contributed by atoms with Crippen molar-refractivity contribution < 1.29 is 17.6 Å². The van der Waals surface area contributed by atoms with Crippen molar-refractivity contribution in [2.24, 2.45) is 7.05 Å². The van der Waals surface area contributed by atoms with Crippen LogP contribution in [-0.4, -0.2) is 29.3 Å². The summed E-state index contributed by atoms with van der Waals surface area (Å²) in [6.07, 6.45) is 2.48. The molecule has 0 atom stereocenters. The summed E-state index contributed by atoms with van der Waals surface area (Å²) in [5.74, 6) is -0.444. The first-order valence-electron chi connectivity index (χ1n) is 13.1. The highest BCUT2D eigenvalue weighted by Gasteiger charge is 2.35. The molecule has 1 aromatic carbocycles. The number of benzene rings is 1. The van der Waals surface area contributed by atoms with E-state index in [-0.39, 0.29) is 35.5 Å². The largest absolute Gasteiger partial charge is 0.418 e. The lowest BCUT2D eigenvalue weighted by Gasteiger charge is -2.29. The van der Waals surface area contributed by atoms with Crippen molar-refractivity contribution in [2.45, 2.75) is 57.2 Å². The number of rotatable bonds is 4. The van der Waals surface area contributed by atoms with Gasteiger partial charge in [-0.15, -0.1) is 0 Å². The highest BCUT2D eigenvalue weighted by Crippen LogP contribution is 2.43. The van der Waals surface area contributed by atoms with Crippen LogP contribution in [0, 0.1) is 12.7 Å². The van der Waals surface area contributed by atoms with Crippen LogP contribution >= 0.6 is 0 Å². The fraction of sp³-hybridized carbons (Fsp3) is 0.345. The van der Waals surface area contributed by atoms with Crippen LogP contribution in [0.25, 0.3) is 22.1 Å². The van der Waals surface area contributed by atoms with E-state index in [2.05, 4.69) is 20.1 Å². The molecule has 0 unspecified atom stereocenters. The number of aryl methyl sites for hydroxylation is 2. The number of hydrogen-bond acceptors (Lipinski definition) is 5. The second-order valence-corrected chi connectivity index (χ2v) is 10.4. The van der Waals surface area contributed by atoms with Gasteiger partial charge in [0.25, 0.3) is 5.56 Å². The van der Waals surface area contributed by atoms with Gasteiger partial charge in [0, 0.05) is 36.0 Å². The van der Waals surface area contributed by atoms with Gasteiger partial charge in [0.15, 0.2) is 5.65 Å². The zero-order valence-electron chi connectivity index (χ0n) is 21.9. The fourth-order valence-corrected chi connectivity index (χ4v) is 5.98. The molecule has 0 bridgehead atoms. The third-order valence-corrected chi connectivity index (χ3v) is 7.94. The van der Waals surface area contributed by atoms with E-state index in [1.54, 1.807) is 36.1 Å². The second kappa shape index (κ2) is 9.79. The summed E-state index contributed by atoms with van der Waals surface area (Å²) in [4.78, 5) is 26.7. The van der Waals surface area contributed by atoms with Crippen molar-refractivity contribution in [1.82, 2.24) is 29.3 Å². The summed E-state index contributed by atoms with van der Waals surface area (Å²) >= 11 is 0. The third kappa shape index (κ3) is 4.52. The Kier molecular flexibility index (Phi) is 6.39. The molecule has 0 aliphatic heterocycles. The zero-order valence-corrected chi connectivity index (χ0v) is 21.9. The van der Waals surface area contributed by atoms with Gasteiger partial charge in [-0.25, -0.2) is 9.37 Å². The van der Waals surface area contributed by atoms with Gasteiger partial charge in [-0.05, 0) is 74.8 Å². The maximum absolute atomic E-state index is 15.0. The molecule has 4 aromatic heterocycles. The van der Waals surface area contributed by atoms with Crippen LogP contribution in [0.3, 0.4) is 0 Å². The van der Waals surface area contributed by atoms with Crippen LogP contribution in [0.4, 0.5) is 17.6 Å². The third-order valence-electron chi connectivity index (χ3n) is 7.94. The summed E-state index contributed by atoms with van der Waals surface area (Å²) < 4.78 is 59.1. The molecule has 11 heteroatoms. The predicted molar refractivity (Wildman–Crippen MR) is 141 cm³/mol. The van der Waals surface area contributed by atoms with Crippen molar-refractivity contribution in [3.8, 4) is 0 Å². The number of fused-ring (bicyclic) bond motifs is 2. The summed E-state index contributed by atoms with van der Waals surface area (Å²) in [7, 11) is 1.82. The van der Waals surface area contributed by atoms with Crippen molar-refractivity contribution >= 4 is 22.1 Å². The van der Waals surface area contributed by atoms with Crippen molar-refractivity contribution in [2.75, 3.05) is 0 Å². The number of pyridine rings is 2. The van der Waals surface area contributed by atoms with Crippen LogP contribution < -0.4 is 5.56 Å². The first-order valence-corrected chi connectivity index (χ1v) is 13.1. The Morgan fingerprint density at radius 3 is 2.52 bits per heavy atom. The summed E-state index contributed by atoms with van der Waals surface area (Å²) in [6, 6.07) is 7.08. The second-order valence-electron chi connectivity index (χ2n) is 10.4. The summed E-state index contributed by atoms with van der Waals surface area (Å²) in [6.45, 7) is 1.32. The van der Waals surface area contributed by atoms with E-state index < -0.39 is 17.3 Å². The van der Waals surface area contributed by atoms with E-state index >= 15 is 0 Å². The Morgan fingerprint density at radius 2 is 1.77 bits per heavy atom. The predicted octanol–water partition coefficient (Wildman–Crippen LogP) is 6.03. The Balaban J connectivity index is 1.37. The van der Waals surface area contributed by atoms with Gasteiger partial charge in [0.1, 0.15) is 11.3 Å². The van der Waals surface area contributed by atoms with Crippen LogP contribution in [0.2, 0.25) is 0 Å². The van der Waals surface area contributed by atoms with Crippen LogP contribution in [0.1, 0.15) is 65.6 Å². The lowest BCUT2D eigenvalue weighted by Crippen LogP contribution is -2.29. The first kappa shape index (κ1) is 26.1. The van der Waals surface area contributed by atoms with Crippen molar-refractivity contribution in [3.63, 3.8) is 0 Å². The molecule has 1 saturated carbocycles. The van der Waals surface area contributed by atoms with E-state index in [4.69, 9.17) is 0 Å². The Hall–Kier alpha value is -4.15. The van der Waals surface area contributed by atoms with E-state index in [1.807, 2.05) is 7.05 Å². The fourth-order valence-electron chi connectivity index (χ4n) is 5.98. The van der Waals surface area contributed by atoms with Crippen LogP contribution in [-0.2, 0) is 19.8 Å². The average molecular weight is 551 g/mol. The number of alkyl halides is 3. The average Bonchev–Trinajstić information content (AvgIpc) is 3.30. The molecule has 40 heavy (non-hydrogen) atoms. The van der Waals surface area contributed by atoms with Crippen molar-refractivity contribution in [1.29, 1.82) is 0 Å². The number of halogens is 4. The molecular weight excluding hydrogens is 524 g/mol. The lowest BCUT2D eigenvalue weighted by atomic mass is 9.75. The minimum absolute atomic E-state index is 0.0304. The Bertz CT molecular complexity index is 1800. The lowest BCUT2D eigenvalue weighted by molar-refractivity contribution is -0.138. The van der Waals surface area contributed by atoms with Crippen LogP contribution in [0.15, 0.2) is 53.7 Å². The van der Waals surface area contributed by atoms with E-state index in [9.17, 15) is 22.4 Å². The van der Waals surface area contributed by atoms with Gasteiger partial charge < -0.3 is 0 Å². The highest BCUT2D eigenvalue weighted by atomic mass is 19.4. The Labute approximate surface area is 226 Å². The maximum atomic E-state index is 15.0. The first-order chi connectivity index (χ1) is 19.1. The molecule has 0 N–H and O–H groups in total. The summed E-state index contributed by atoms with van der Waals surface area (Å²) in [5.41, 5.74) is 1.61. The standard InChI is InChI=1S/C29H26F4N6O/c1-16-13-35-23-12-19(28(40)39(27(23)37-16)15-24-21(29(31,32)33)4-3-11-34-24)17-5-7-18(8-6-17)26-20-14-36-38(2)25(20)10-9-22(26)30/h3-4,9-14,17-18H,5-8,15H2,1-2H3. The van der Waals surface area contributed by atoms with E-state index in [0.29, 0.717) is 48.0 Å². The number of nitrogens with zero attached hydrogens (tertiary/aromatic N) is 6. The van der Waals surface area contributed by atoms with Gasteiger partial charge in [0.2, 0.25) is 0 Å². The molecule has 0 saturated heterocycles. The molecule has 6 rings (SSSR count). The molecule has 0 amide bonds. The minimum Gasteiger partial charge on any atom is -0.285 e. The molecule has 1 aliphatic carbocycles. The topological polar surface area (TPSA) is 78.5 Å². The summed E-state index contributed by atoms with van der Waals surface area (Å²) in [5, 5.41) is 5.08. The molecule has 7 nitrogen and oxygen atoms in total. The maximum Gasteiger partial charge on any atom is 0.418 e. The van der Waals surface area contributed by atoms with Crippen molar-refractivity contribution in [3.05, 3.63) is 93.2 Å². The zero-order chi connectivity index (χ0) is 28.2. The van der Waals surface area contributed by atoms with Gasteiger partial charge in [-0.1, -0.05) is 0 Å². The van der Waals surface area contributed by atoms with E-state index in [0.717, 1.165) is 17.0 Å². The van der Waals surface area contributed by atoms with Crippen LogP contribution in [0.5, 0.6) is 0 Å². The molecule has 206 valence electrons. The molecule has 0 spiro atoms. The minimum atomic E-state index is -4.62. The normalized spacial score (nSPS) is 18.1. The molecule has 0 radical (unpaired) electrons. The monoisotopic (exact) mass is 550 g/mol. The van der Waals surface area contributed by atoms with Gasteiger partial charge in [0.05, 0.1) is 35.2 Å². The van der Waals surface area contributed by atoms with Gasteiger partial charge in [-0.2, -0.15) is 18.3 Å². The quantitative estimate of drug-likeness (QED) is 0.256. The number of aromatic nitrogens is 6. The van der Waals surface area contributed by atoms with Gasteiger partial charge >= 0.3 is 6.18 Å². The molecule has 5 aromatic rings. The SMILES string of the molecule is Cc1cnc2cc(C3CCC(c4c(F)ccc5c4cnn5C)CC3)c(=O)n(Cc3ncccc3C(F)(F)F)c2n1.